The summed E-state index contributed by atoms with van der Waals surface area (Å²) in [6, 6.07) is 12.4. The van der Waals surface area contributed by atoms with E-state index in [4.69, 9.17) is 0 Å². The Bertz CT molecular complexity index is 513. The van der Waals surface area contributed by atoms with Crippen molar-refractivity contribution in [1.82, 2.24) is 9.97 Å². The van der Waals surface area contributed by atoms with Crippen LogP contribution in [0.4, 0.5) is 11.8 Å². The lowest BCUT2D eigenvalue weighted by molar-refractivity contribution is 0.740. The molecule has 0 amide bonds. The van der Waals surface area contributed by atoms with Crippen LogP contribution in [0.25, 0.3) is 0 Å². The van der Waals surface area contributed by atoms with Crippen LogP contribution in [0.3, 0.4) is 0 Å². The predicted octanol–water partition coefficient (Wildman–Crippen LogP) is 3.73. The van der Waals surface area contributed by atoms with E-state index in [0.29, 0.717) is 5.95 Å². The Morgan fingerprint density at radius 2 is 1.81 bits per heavy atom. The molecule has 0 fully saturated rings. The second-order valence-electron chi connectivity index (χ2n) is 5.06. The molecule has 0 bridgehead atoms. The summed E-state index contributed by atoms with van der Waals surface area (Å²) in [5, 5.41) is 6.61. The average Bonchev–Trinajstić information content (AvgIpc) is 2.53. The lowest BCUT2D eigenvalue weighted by Crippen LogP contribution is -2.09. The van der Waals surface area contributed by atoms with E-state index in [0.717, 1.165) is 31.7 Å². The average molecular weight is 284 g/mol. The number of unbranched alkanes of at least 4 members (excludes halogenated alkanes) is 2. The van der Waals surface area contributed by atoms with Crippen LogP contribution in [0, 0.1) is 0 Å². The molecule has 2 N–H and O–H groups in total. The van der Waals surface area contributed by atoms with Crippen LogP contribution in [0.5, 0.6) is 0 Å². The molecule has 1 heterocycles. The minimum atomic E-state index is 0.704. The largest absolute Gasteiger partial charge is 0.370 e. The Morgan fingerprint density at radius 3 is 2.62 bits per heavy atom. The molecule has 0 spiro atoms. The van der Waals surface area contributed by atoms with Gasteiger partial charge in [-0.2, -0.15) is 4.98 Å². The number of nitrogens with zero attached hydrogens (tertiary/aromatic N) is 2. The van der Waals surface area contributed by atoms with E-state index in [2.05, 4.69) is 51.8 Å². The maximum absolute atomic E-state index is 4.47. The normalized spacial score (nSPS) is 10.3. The van der Waals surface area contributed by atoms with Gasteiger partial charge in [0.05, 0.1) is 0 Å². The van der Waals surface area contributed by atoms with Gasteiger partial charge in [-0.05, 0) is 24.5 Å². The van der Waals surface area contributed by atoms with Crippen LogP contribution in [-0.4, -0.2) is 23.1 Å². The van der Waals surface area contributed by atoms with Gasteiger partial charge < -0.3 is 10.6 Å². The number of hydrogen-bond acceptors (Lipinski definition) is 4. The molecule has 2 aromatic rings. The third-order valence-corrected chi connectivity index (χ3v) is 3.28. The van der Waals surface area contributed by atoms with E-state index in [9.17, 15) is 0 Å². The lowest BCUT2D eigenvalue weighted by atomic mass is 10.1. The fourth-order valence-corrected chi connectivity index (χ4v) is 2.10. The van der Waals surface area contributed by atoms with Gasteiger partial charge in [0.2, 0.25) is 5.95 Å². The topological polar surface area (TPSA) is 49.8 Å². The molecule has 2 rings (SSSR count). The van der Waals surface area contributed by atoms with E-state index in [1.807, 2.05) is 12.1 Å². The second kappa shape index (κ2) is 8.95. The Morgan fingerprint density at radius 1 is 0.952 bits per heavy atom. The zero-order valence-electron chi connectivity index (χ0n) is 12.7. The van der Waals surface area contributed by atoms with Gasteiger partial charge >= 0.3 is 0 Å². The van der Waals surface area contributed by atoms with E-state index in [1.54, 1.807) is 6.20 Å². The third kappa shape index (κ3) is 5.81. The third-order valence-electron chi connectivity index (χ3n) is 3.28. The van der Waals surface area contributed by atoms with Crippen molar-refractivity contribution in [3.63, 3.8) is 0 Å². The molecule has 21 heavy (non-hydrogen) atoms. The van der Waals surface area contributed by atoms with E-state index in [-0.39, 0.29) is 0 Å². The zero-order valence-corrected chi connectivity index (χ0v) is 12.7. The fraction of sp³-hybridized carbons (Fsp3) is 0.412. The number of hydrogen-bond donors (Lipinski definition) is 2. The molecular formula is C17H24N4. The zero-order chi connectivity index (χ0) is 14.8. The van der Waals surface area contributed by atoms with Crippen LogP contribution >= 0.6 is 0 Å². The van der Waals surface area contributed by atoms with Crippen molar-refractivity contribution in [3.8, 4) is 0 Å². The van der Waals surface area contributed by atoms with Crippen LogP contribution in [0.1, 0.15) is 31.7 Å². The number of benzene rings is 1. The second-order valence-corrected chi connectivity index (χ2v) is 5.06. The Kier molecular flexibility index (Phi) is 6.52. The quantitative estimate of drug-likeness (QED) is 0.689. The fourth-order valence-electron chi connectivity index (χ4n) is 2.10. The molecule has 0 saturated heterocycles. The standard InChI is InChI=1S/C17H24N4/c1-2-3-7-12-19-17-20-14-11-16(21-17)18-13-10-15-8-5-4-6-9-15/h4-6,8-9,11,14H,2-3,7,10,12-13H2,1H3,(H2,18,19,20,21). The van der Waals surface area contributed by atoms with Gasteiger partial charge in [0, 0.05) is 19.3 Å². The molecule has 112 valence electrons. The summed E-state index contributed by atoms with van der Waals surface area (Å²) in [6.07, 6.45) is 6.40. The van der Waals surface area contributed by atoms with E-state index in [1.165, 1.54) is 18.4 Å². The monoisotopic (exact) mass is 284 g/mol. The molecule has 0 aliphatic heterocycles. The molecule has 0 radical (unpaired) electrons. The molecule has 0 aliphatic carbocycles. The van der Waals surface area contributed by atoms with Gasteiger partial charge in [0.15, 0.2) is 0 Å². The number of aromatic nitrogens is 2. The number of nitrogens with one attached hydrogen (secondary N) is 2. The van der Waals surface area contributed by atoms with Crippen molar-refractivity contribution < 1.29 is 0 Å². The molecule has 1 aromatic carbocycles. The smallest absolute Gasteiger partial charge is 0.224 e. The maximum atomic E-state index is 4.47. The van der Waals surface area contributed by atoms with Crippen LogP contribution in [0.15, 0.2) is 42.6 Å². The highest BCUT2D eigenvalue weighted by molar-refractivity contribution is 5.39. The highest BCUT2D eigenvalue weighted by Crippen LogP contribution is 2.07. The molecule has 0 unspecified atom stereocenters. The summed E-state index contributed by atoms with van der Waals surface area (Å²) in [4.78, 5) is 8.71. The Balaban J connectivity index is 1.75. The summed E-state index contributed by atoms with van der Waals surface area (Å²) >= 11 is 0. The molecule has 0 atom stereocenters. The minimum Gasteiger partial charge on any atom is -0.370 e. The highest BCUT2D eigenvalue weighted by Gasteiger charge is 1.98. The summed E-state index contributed by atoms with van der Waals surface area (Å²) < 4.78 is 0. The summed E-state index contributed by atoms with van der Waals surface area (Å²) in [5.41, 5.74) is 1.33. The number of anilines is 2. The van der Waals surface area contributed by atoms with Crippen LogP contribution in [0.2, 0.25) is 0 Å². The van der Waals surface area contributed by atoms with Gasteiger partial charge in [-0.1, -0.05) is 50.1 Å². The SMILES string of the molecule is CCCCCNc1nccc(NCCc2ccccc2)n1. The van der Waals surface area contributed by atoms with Gasteiger partial charge in [-0.3, -0.25) is 0 Å². The van der Waals surface area contributed by atoms with Gasteiger partial charge in [-0.15, -0.1) is 0 Å². The Hall–Kier alpha value is -2.10. The van der Waals surface area contributed by atoms with Crippen molar-refractivity contribution in [2.45, 2.75) is 32.6 Å². The molecule has 4 heteroatoms. The first kappa shape index (κ1) is 15.3. The minimum absolute atomic E-state index is 0.704. The summed E-state index contributed by atoms with van der Waals surface area (Å²) in [7, 11) is 0. The van der Waals surface area contributed by atoms with Crippen molar-refractivity contribution >= 4 is 11.8 Å². The van der Waals surface area contributed by atoms with Gasteiger partial charge in [-0.25, -0.2) is 4.98 Å². The first-order chi connectivity index (χ1) is 10.4. The summed E-state index contributed by atoms with van der Waals surface area (Å²) in [6.45, 7) is 4.01. The Labute approximate surface area is 127 Å². The first-order valence-corrected chi connectivity index (χ1v) is 7.73. The highest BCUT2D eigenvalue weighted by atomic mass is 15.1. The van der Waals surface area contributed by atoms with Crippen molar-refractivity contribution in [3.05, 3.63) is 48.2 Å². The van der Waals surface area contributed by atoms with Crippen LogP contribution < -0.4 is 10.6 Å². The molecule has 4 nitrogen and oxygen atoms in total. The first-order valence-electron chi connectivity index (χ1n) is 7.73. The predicted molar refractivity (Wildman–Crippen MR) is 88.7 cm³/mol. The lowest BCUT2D eigenvalue weighted by Gasteiger charge is -2.08. The summed E-state index contributed by atoms with van der Waals surface area (Å²) in [5.74, 6) is 1.58. The molecule has 0 aliphatic rings. The molecular weight excluding hydrogens is 260 g/mol. The van der Waals surface area contributed by atoms with Gasteiger partial charge in [0.25, 0.3) is 0 Å². The van der Waals surface area contributed by atoms with Gasteiger partial charge in [0.1, 0.15) is 5.82 Å². The molecule has 0 saturated carbocycles. The van der Waals surface area contributed by atoms with Crippen molar-refractivity contribution in [2.24, 2.45) is 0 Å². The van der Waals surface area contributed by atoms with Crippen molar-refractivity contribution in [1.29, 1.82) is 0 Å². The van der Waals surface area contributed by atoms with E-state index < -0.39 is 0 Å². The van der Waals surface area contributed by atoms with Crippen molar-refractivity contribution in [2.75, 3.05) is 23.7 Å². The van der Waals surface area contributed by atoms with E-state index >= 15 is 0 Å². The number of rotatable bonds is 9. The maximum Gasteiger partial charge on any atom is 0.224 e. The van der Waals surface area contributed by atoms with Crippen LogP contribution in [-0.2, 0) is 6.42 Å². The molecule has 1 aromatic heterocycles.